The molecule has 0 N–H and O–H groups in total. The Bertz CT molecular complexity index is 873. The van der Waals surface area contributed by atoms with E-state index in [-0.39, 0.29) is 5.91 Å². The fraction of sp³-hybridized carbons (Fsp3) is 0.250. The molecule has 0 unspecified atom stereocenters. The third-order valence-electron chi connectivity index (χ3n) is 4.06. The van der Waals surface area contributed by atoms with Crippen LogP contribution in [0.4, 0.5) is 0 Å². The number of hydrogen-bond donors (Lipinski definition) is 0. The van der Waals surface area contributed by atoms with Crippen molar-refractivity contribution in [3.8, 4) is 0 Å². The van der Waals surface area contributed by atoms with E-state index in [2.05, 4.69) is 26.9 Å². The molecule has 0 bridgehead atoms. The number of aryl methyl sites for hydroxylation is 1. The summed E-state index contributed by atoms with van der Waals surface area (Å²) in [7, 11) is 3.52. The van der Waals surface area contributed by atoms with Gasteiger partial charge in [0.25, 0.3) is 5.91 Å². The molecule has 3 rings (SSSR count). The van der Waals surface area contributed by atoms with Gasteiger partial charge in [-0.2, -0.15) is 0 Å². The summed E-state index contributed by atoms with van der Waals surface area (Å²) in [6.07, 6.45) is 0. The molecule has 0 fully saturated rings. The first kappa shape index (κ1) is 18.2. The van der Waals surface area contributed by atoms with Crippen molar-refractivity contribution in [2.45, 2.75) is 24.4 Å². The van der Waals surface area contributed by atoms with Crippen molar-refractivity contribution < 1.29 is 4.79 Å². The first-order valence-corrected chi connectivity index (χ1v) is 9.40. The van der Waals surface area contributed by atoms with Gasteiger partial charge >= 0.3 is 0 Å². The van der Waals surface area contributed by atoms with Gasteiger partial charge in [0.15, 0.2) is 5.16 Å². The Morgan fingerprint density at radius 1 is 1.00 bits per heavy atom. The Balaban J connectivity index is 1.68. The van der Waals surface area contributed by atoms with Crippen molar-refractivity contribution in [1.82, 2.24) is 19.7 Å². The van der Waals surface area contributed by atoms with E-state index in [9.17, 15) is 4.79 Å². The Morgan fingerprint density at radius 2 is 1.69 bits per heavy atom. The van der Waals surface area contributed by atoms with Crippen LogP contribution < -0.4 is 0 Å². The molecule has 26 heavy (non-hydrogen) atoms. The predicted molar refractivity (Wildman–Crippen MR) is 104 cm³/mol. The number of carbonyl (C=O) groups is 1. The summed E-state index contributed by atoms with van der Waals surface area (Å²) in [5.74, 6) is 1.70. The second-order valence-corrected chi connectivity index (χ2v) is 7.23. The average molecular weight is 366 g/mol. The Kier molecular flexibility index (Phi) is 5.73. The number of hydrogen-bond acceptors (Lipinski definition) is 4. The molecular weight excluding hydrogens is 344 g/mol. The SMILES string of the molecule is Cc1nnc(SCc2ccc(C(=O)N(C)C)cc2)n1Cc1ccccc1. The average Bonchev–Trinajstić information content (AvgIpc) is 3.00. The molecule has 0 aliphatic carbocycles. The fourth-order valence-electron chi connectivity index (χ4n) is 2.57. The lowest BCUT2D eigenvalue weighted by Crippen LogP contribution is -2.21. The summed E-state index contributed by atoms with van der Waals surface area (Å²) in [5.41, 5.74) is 3.08. The minimum Gasteiger partial charge on any atom is -0.345 e. The number of carbonyl (C=O) groups excluding carboxylic acids is 1. The molecule has 0 radical (unpaired) electrons. The summed E-state index contributed by atoms with van der Waals surface area (Å²) >= 11 is 1.65. The molecule has 2 aromatic carbocycles. The minimum atomic E-state index is 0.0161. The molecule has 0 saturated heterocycles. The number of nitrogens with zero attached hydrogens (tertiary/aromatic N) is 4. The molecule has 0 atom stereocenters. The third kappa shape index (κ3) is 4.32. The summed E-state index contributed by atoms with van der Waals surface area (Å²) in [5, 5.41) is 9.44. The van der Waals surface area contributed by atoms with Crippen LogP contribution in [0.25, 0.3) is 0 Å². The third-order valence-corrected chi connectivity index (χ3v) is 5.10. The number of rotatable bonds is 6. The summed E-state index contributed by atoms with van der Waals surface area (Å²) < 4.78 is 2.13. The smallest absolute Gasteiger partial charge is 0.253 e. The van der Waals surface area contributed by atoms with Crippen LogP contribution in [0.1, 0.15) is 27.3 Å². The van der Waals surface area contributed by atoms with Crippen LogP contribution in [0.5, 0.6) is 0 Å². The zero-order valence-corrected chi connectivity index (χ0v) is 16.0. The lowest BCUT2D eigenvalue weighted by molar-refractivity contribution is 0.0827. The van der Waals surface area contributed by atoms with Gasteiger partial charge in [-0.1, -0.05) is 54.2 Å². The molecule has 0 aliphatic rings. The van der Waals surface area contributed by atoms with Crippen molar-refractivity contribution in [3.05, 3.63) is 77.1 Å². The van der Waals surface area contributed by atoms with Crippen molar-refractivity contribution in [2.75, 3.05) is 14.1 Å². The minimum absolute atomic E-state index is 0.0161. The van der Waals surface area contributed by atoms with Crippen molar-refractivity contribution in [2.24, 2.45) is 0 Å². The van der Waals surface area contributed by atoms with Gasteiger partial charge in [0.2, 0.25) is 0 Å². The molecule has 3 aromatic rings. The molecule has 6 heteroatoms. The lowest BCUT2D eigenvalue weighted by atomic mass is 10.1. The van der Waals surface area contributed by atoms with Gasteiger partial charge in [0, 0.05) is 25.4 Å². The second kappa shape index (κ2) is 8.19. The van der Waals surface area contributed by atoms with Crippen molar-refractivity contribution >= 4 is 17.7 Å². The van der Waals surface area contributed by atoms with Crippen LogP contribution in [-0.2, 0) is 12.3 Å². The predicted octanol–water partition coefficient (Wildman–Crippen LogP) is 3.63. The Morgan fingerprint density at radius 3 is 2.35 bits per heavy atom. The first-order chi connectivity index (χ1) is 12.5. The molecule has 134 valence electrons. The van der Waals surface area contributed by atoms with Gasteiger partial charge in [0.05, 0.1) is 6.54 Å². The highest BCUT2D eigenvalue weighted by Gasteiger charge is 2.11. The van der Waals surface area contributed by atoms with Crippen LogP contribution >= 0.6 is 11.8 Å². The van der Waals surface area contributed by atoms with Gasteiger partial charge in [-0.25, -0.2) is 0 Å². The van der Waals surface area contributed by atoms with Gasteiger partial charge < -0.3 is 9.47 Å². The number of thioether (sulfide) groups is 1. The van der Waals surface area contributed by atoms with Crippen molar-refractivity contribution in [1.29, 1.82) is 0 Å². The number of amides is 1. The maximum atomic E-state index is 12.0. The van der Waals surface area contributed by atoms with Gasteiger partial charge in [0.1, 0.15) is 5.82 Å². The van der Waals surface area contributed by atoms with Crippen LogP contribution in [0.2, 0.25) is 0 Å². The maximum Gasteiger partial charge on any atom is 0.253 e. The van der Waals surface area contributed by atoms with E-state index in [1.807, 2.05) is 49.4 Å². The molecular formula is C20H22N4OS. The Labute approximate surface area is 158 Å². The van der Waals surface area contributed by atoms with Gasteiger partial charge in [-0.15, -0.1) is 10.2 Å². The molecule has 1 aromatic heterocycles. The topological polar surface area (TPSA) is 51.0 Å². The highest BCUT2D eigenvalue weighted by atomic mass is 32.2. The highest BCUT2D eigenvalue weighted by Crippen LogP contribution is 2.23. The zero-order valence-electron chi connectivity index (χ0n) is 15.2. The van der Waals surface area contributed by atoms with E-state index >= 15 is 0 Å². The molecule has 0 saturated carbocycles. The van der Waals surface area contributed by atoms with Gasteiger partial charge in [-0.05, 0) is 30.2 Å². The zero-order chi connectivity index (χ0) is 18.5. The van der Waals surface area contributed by atoms with E-state index in [0.29, 0.717) is 5.56 Å². The Hall–Kier alpha value is -2.60. The summed E-state index contributed by atoms with van der Waals surface area (Å²) in [6, 6.07) is 18.0. The number of benzene rings is 2. The molecule has 1 heterocycles. The largest absolute Gasteiger partial charge is 0.345 e. The maximum absolute atomic E-state index is 12.0. The van der Waals surface area contributed by atoms with Crippen LogP contribution in [0, 0.1) is 6.92 Å². The lowest BCUT2D eigenvalue weighted by Gasteiger charge is -2.11. The van der Waals surface area contributed by atoms with E-state index in [4.69, 9.17) is 0 Å². The van der Waals surface area contributed by atoms with Crippen molar-refractivity contribution in [3.63, 3.8) is 0 Å². The highest BCUT2D eigenvalue weighted by molar-refractivity contribution is 7.98. The first-order valence-electron chi connectivity index (χ1n) is 8.41. The molecule has 0 aliphatic heterocycles. The van der Waals surface area contributed by atoms with E-state index in [1.54, 1.807) is 30.8 Å². The van der Waals surface area contributed by atoms with Crippen LogP contribution in [-0.4, -0.2) is 39.7 Å². The van der Waals surface area contributed by atoms with E-state index in [1.165, 1.54) is 5.56 Å². The summed E-state index contributed by atoms with van der Waals surface area (Å²) in [4.78, 5) is 13.5. The second-order valence-electron chi connectivity index (χ2n) is 6.29. The quantitative estimate of drug-likeness (QED) is 0.625. The summed E-state index contributed by atoms with van der Waals surface area (Å²) in [6.45, 7) is 2.74. The standard InChI is InChI=1S/C20H22N4OS/c1-15-21-22-20(24(15)13-16-7-5-4-6-8-16)26-14-17-9-11-18(12-10-17)19(25)23(2)3/h4-12H,13-14H2,1-3H3. The number of aromatic nitrogens is 3. The van der Waals surface area contributed by atoms with Crippen LogP contribution in [0.15, 0.2) is 59.8 Å². The monoisotopic (exact) mass is 366 g/mol. The van der Waals surface area contributed by atoms with Gasteiger partial charge in [-0.3, -0.25) is 4.79 Å². The normalized spacial score (nSPS) is 10.7. The molecule has 1 amide bonds. The fourth-order valence-corrected chi connectivity index (χ4v) is 3.51. The van der Waals surface area contributed by atoms with E-state index in [0.717, 1.165) is 28.8 Å². The molecule has 0 spiro atoms. The molecule has 5 nitrogen and oxygen atoms in total. The van der Waals surface area contributed by atoms with Crippen LogP contribution in [0.3, 0.4) is 0 Å². The van der Waals surface area contributed by atoms with E-state index < -0.39 is 0 Å².